The lowest BCUT2D eigenvalue weighted by molar-refractivity contribution is -0.384. The summed E-state index contributed by atoms with van der Waals surface area (Å²) in [5.74, 6) is 1.30. The molecule has 0 bridgehead atoms. The highest BCUT2D eigenvalue weighted by atomic mass is 35.5. The van der Waals surface area contributed by atoms with Gasteiger partial charge in [-0.15, -0.1) is 11.6 Å². The van der Waals surface area contributed by atoms with Crippen molar-refractivity contribution in [2.24, 2.45) is 0 Å². The van der Waals surface area contributed by atoms with Crippen LogP contribution in [0.4, 0.5) is 5.69 Å². The fraction of sp³-hybridized carbons (Fsp3) is 0.143. The van der Waals surface area contributed by atoms with Gasteiger partial charge in [-0.1, -0.05) is 17.7 Å². The van der Waals surface area contributed by atoms with Gasteiger partial charge in [0.2, 0.25) is 0 Å². The van der Waals surface area contributed by atoms with Crippen LogP contribution in [-0.4, -0.2) is 4.92 Å². The molecule has 0 N–H and O–H groups in total. The second-order valence-corrected chi connectivity index (χ2v) is 4.83. The standard InChI is InChI=1S/C14H11Cl2NO3/c1-9-7-10(17(18)19)5-6-13(9)20-14-4-2-3-12(16)11(14)8-15/h2-7H,8H2,1H3. The lowest BCUT2D eigenvalue weighted by atomic mass is 10.2. The molecule has 0 aliphatic carbocycles. The third-order valence-electron chi connectivity index (χ3n) is 2.80. The summed E-state index contributed by atoms with van der Waals surface area (Å²) in [5, 5.41) is 11.2. The molecule has 104 valence electrons. The molecule has 0 atom stereocenters. The van der Waals surface area contributed by atoms with Gasteiger partial charge < -0.3 is 4.74 Å². The lowest BCUT2D eigenvalue weighted by Gasteiger charge is -2.12. The number of hydrogen-bond acceptors (Lipinski definition) is 3. The highest BCUT2D eigenvalue weighted by molar-refractivity contribution is 6.32. The van der Waals surface area contributed by atoms with E-state index in [4.69, 9.17) is 27.9 Å². The minimum absolute atomic E-state index is 0.0264. The van der Waals surface area contributed by atoms with E-state index in [9.17, 15) is 10.1 Å². The Morgan fingerprint density at radius 3 is 2.60 bits per heavy atom. The summed E-state index contributed by atoms with van der Waals surface area (Å²) in [4.78, 5) is 10.3. The summed E-state index contributed by atoms with van der Waals surface area (Å²) in [7, 11) is 0. The zero-order valence-corrected chi connectivity index (χ0v) is 12.1. The van der Waals surface area contributed by atoms with Crippen molar-refractivity contribution >= 4 is 28.9 Å². The molecule has 0 heterocycles. The molecule has 2 aromatic carbocycles. The number of halogens is 2. The molecule has 0 aliphatic heterocycles. The van der Waals surface area contributed by atoms with E-state index in [1.165, 1.54) is 12.1 Å². The van der Waals surface area contributed by atoms with Crippen LogP contribution in [-0.2, 0) is 5.88 Å². The van der Waals surface area contributed by atoms with Gasteiger partial charge in [0.05, 0.1) is 10.8 Å². The number of rotatable bonds is 4. The smallest absolute Gasteiger partial charge is 0.269 e. The van der Waals surface area contributed by atoms with Crippen LogP contribution in [0.25, 0.3) is 0 Å². The van der Waals surface area contributed by atoms with Crippen LogP contribution >= 0.6 is 23.2 Å². The van der Waals surface area contributed by atoms with E-state index in [2.05, 4.69) is 0 Å². The topological polar surface area (TPSA) is 52.4 Å². The van der Waals surface area contributed by atoms with Gasteiger partial charge in [-0.05, 0) is 30.7 Å². The van der Waals surface area contributed by atoms with E-state index < -0.39 is 4.92 Å². The summed E-state index contributed by atoms with van der Waals surface area (Å²) in [6, 6.07) is 9.66. The van der Waals surface area contributed by atoms with Crippen molar-refractivity contribution in [3.63, 3.8) is 0 Å². The Morgan fingerprint density at radius 2 is 2.00 bits per heavy atom. The van der Waals surface area contributed by atoms with E-state index in [0.29, 0.717) is 27.6 Å². The number of hydrogen-bond donors (Lipinski definition) is 0. The van der Waals surface area contributed by atoms with Crippen LogP contribution < -0.4 is 4.74 Å². The lowest BCUT2D eigenvalue weighted by Crippen LogP contribution is -1.94. The number of nitrogens with zero attached hydrogens (tertiary/aromatic N) is 1. The SMILES string of the molecule is Cc1cc([N+](=O)[O-])ccc1Oc1cccc(Cl)c1CCl. The minimum atomic E-state index is -0.444. The molecule has 2 aromatic rings. The predicted octanol–water partition coefficient (Wildman–Crippen LogP) is 5.09. The average Bonchev–Trinajstić information content (AvgIpc) is 2.41. The largest absolute Gasteiger partial charge is 0.457 e. The van der Waals surface area contributed by atoms with Gasteiger partial charge in [-0.2, -0.15) is 0 Å². The average molecular weight is 312 g/mol. The van der Waals surface area contributed by atoms with E-state index >= 15 is 0 Å². The maximum absolute atomic E-state index is 10.7. The Morgan fingerprint density at radius 1 is 1.25 bits per heavy atom. The van der Waals surface area contributed by atoms with Crippen molar-refractivity contribution in [2.45, 2.75) is 12.8 Å². The number of alkyl halides is 1. The second kappa shape index (κ2) is 6.11. The summed E-state index contributed by atoms with van der Waals surface area (Å²) in [6.07, 6.45) is 0. The quantitative estimate of drug-likeness (QED) is 0.449. The molecule has 0 aromatic heterocycles. The number of nitro benzene ring substituents is 1. The van der Waals surface area contributed by atoms with Crippen molar-refractivity contribution in [1.29, 1.82) is 0 Å². The highest BCUT2D eigenvalue weighted by Gasteiger charge is 2.12. The molecule has 0 spiro atoms. The summed E-state index contributed by atoms with van der Waals surface area (Å²) >= 11 is 11.9. The molecular weight excluding hydrogens is 301 g/mol. The molecule has 20 heavy (non-hydrogen) atoms. The van der Waals surface area contributed by atoms with Crippen molar-refractivity contribution in [3.05, 3.63) is 62.7 Å². The van der Waals surface area contributed by atoms with Gasteiger partial charge in [0.15, 0.2) is 0 Å². The molecule has 0 unspecified atom stereocenters. The monoisotopic (exact) mass is 311 g/mol. The van der Waals surface area contributed by atoms with Crippen LogP contribution in [0.5, 0.6) is 11.5 Å². The minimum Gasteiger partial charge on any atom is -0.457 e. The van der Waals surface area contributed by atoms with Gasteiger partial charge >= 0.3 is 0 Å². The molecule has 0 saturated heterocycles. The fourth-order valence-corrected chi connectivity index (χ4v) is 2.32. The van der Waals surface area contributed by atoms with E-state index in [0.717, 1.165) is 0 Å². The molecule has 0 radical (unpaired) electrons. The molecule has 2 rings (SSSR count). The molecular formula is C14H11Cl2NO3. The Bertz CT molecular complexity index is 659. The first-order chi connectivity index (χ1) is 9.52. The van der Waals surface area contributed by atoms with Gasteiger partial charge in [-0.3, -0.25) is 10.1 Å². The van der Waals surface area contributed by atoms with Crippen LogP contribution in [0, 0.1) is 17.0 Å². The highest BCUT2D eigenvalue weighted by Crippen LogP contribution is 2.33. The van der Waals surface area contributed by atoms with E-state index in [-0.39, 0.29) is 11.6 Å². The number of ether oxygens (including phenoxy) is 1. The maximum Gasteiger partial charge on any atom is 0.269 e. The first-order valence-electron chi connectivity index (χ1n) is 5.79. The first kappa shape index (κ1) is 14.6. The number of benzene rings is 2. The fourth-order valence-electron chi connectivity index (χ4n) is 1.74. The normalized spacial score (nSPS) is 10.3. The van der Waals surface area contributed by atoms with Crippen molar-refractivity contribution < 1.29 is 9.66 Å². The Balaban J connectivity index is 2.36. The second-order valence-electron chi connectivity index (χ2n) is 4.16. The van der Waals surface area contributed by atoms with Gasteiger partial charge in [0, 0.05) is 22.7 Å². The Hall–Kier alpha value is -1.78. The van der Waals surface area contributed by atoms with E-state index in [1.807, 2.05) is 0 Å². The Labute approximate surface area is 126 Å². The van der Waals surface area contributed by atoms with Crippen molar-refractivity contribution in [1.82, 2.24) is 0 Å². The summed E-state index contributed by atoms with van der Waals surface area (Å²) in [5.41, 5.74) is 1.38. The van der Waals surface area contributed by atoms with Crippen LogP contribution in [0.15, 0.2) is 36.4 Å². The molecule has 6 heteroatoms. The third-order valence-corrected chi connectivity index (χ3v) is 3.42. The molecule has 0 amide bonds. The molecule has 0 aliphatic rings. The zero-order chi connectivity index (χ0) is 14.7. The van der Waals surface area contributed by atoms with Crippen molar-refractivity contribution in [3.8, 4) is 11.5 Å². The molecule has 0 fully saturated rings. The number of nitro groups is 1. The van der Waals surface area contributed by atoms with E-state index in [1.54, 1.807) is 31.2 Å². The molecule has 0 saturated carbocycles. The summed E-state index contributed by atoms with van der Waals surface area (Å²) in [6.45, 7) is 1.74. The maximum atomic E-state index is 10.7. The summed E-state index contributed by atoms with van der Waals surface area (Å²) < 4.78 is 5.76. The molecule has 4 nitrogen and oxygen atoms in total. The van der Waals surface area contributed by atoms with Gasteiger partial charge in [0.1, 0.15) is 11.5 Å². The predicted molar refractivity (Wildman–Crippen MR) is 78.9 cm³/mol. The zero-order valence-electron chi connectivity index (χ0n) is 10.6. The van der Waals surface area contributed by atoms with Gasteiger partial charge in [0.25, 0.3) is 5.69 Å². The number of aryl methyl sites for hydroxylation is 1. The van der Waals surface area contributed by atoms with Crippen molar-refractivity contribution in [2.75, 3.05) is 0 Å². The van der Waals surface area contributed by atoms with Gasteiger partial charge in [-0.25, -0.2) is 0 Å². The first-order valence-corrected chi connectivity index (χ1v) is 6.70. The van der Waals surface area contributed by atoms with Crippen LogP contribution in [0.3, 0.4) is 0 Å². The van der Waals surface area contributed by atoms with Crippen LogP contribution in [0.1, 0.15) is 11.1 Å². The third kappa shape index (κ3) is 3.03. The number of non-ortho nitro benzene ring substituents is 1. The van der Waals surface area contributed by atoms with Crippen LogP contribution in [0.2, 0.25) is 5.02 Å². The Kier molecular flexibility index (Phi) is 4.47.